The highest BCUT2D eigenvalue weighted by atomic mass is 19.1. The van der Waals surface area contributed by atoms with E-state index in [9.17, 15) is 9.18 Å². The molecule has 0 saturated heterocycles. The van der Waals surface area contributed by atoms with E-state index < -0.39 is 11.7 Å². The van der Waals surface area contributed by atoms with E-state index in [1.54, 1.807) is 13.0 Å². The summed E-state index contributed by atoms with van der Waals surface area (Å²) in [7, 11) is 0. The highest BCUT2D eigenvalue weighted by molar-refractivity contribution is 5.94. The van der Waals surface area contributed by atoms with E-state index in [1.165, 1.54) is 6.07 Å². The molecule has 0 atom stereocenters. The molecule has 0 heterocycles. The van der Waals surface area contributed by atoms with Crippen molar-refractivity contribution in [2.45, 2.75) is 33.1 Å². The number of carbonyl (C=O) groups excluding carboxylic acids is 1. The number of nitrogens with one attached hydrogen (secondary N) is 1. The third-order valence-electron chi connectivity index (χ3n) is 2.72. The number of halogens is 1. The molecule has 0 aliphatic rings. The quantitative estimate of drug-likeness (QED) is 0.749. The normalized spacial score (nSPS) is 10.3. The van der Waals surface area contributed by atoms with Crippen LogP contribution in [0.15, 0.2) is 12.1 Å². The standard InChI is InChI=1S/C13H19FN2O/c1-3-4-5-6-16-12-8-10(13(15)17)7-11(14)9(12)2/h7-8,16H,3-6H2,1-2H3,(H2,15,17). The van der Waals surface area contributed by atoms with Gasteiger partial charge in [-0.3, -0.25) is 4.79 Å². The molecule has 1 aromatic rings. The number of hydrogen-bond acceptors (Lipinski definition) is 2. The summed E-state index contributed by atoms with van der Waals surface area (Å²) < 4.78 is 13.5. The summed E-state index contributed by atoms with van der Waals surface area (Å²) in [5.41, 5.74) is 6.51. The summed E-state index contributed by atoms with van der Waals surface area (Å²) in [6.07, 6.45) is 3.29. The topological polar surface area (TPSA) is 55.1 Å². The van der Waals surface area contributed by atoms with Gasteiger partial charge in [-0.05, 0) is 25.5 Å². The molecule has 0 fully saturated rings. The summed E-state index contributed by atoms with van der Waals surface area (Å²) in [4.78, 5) is 11.0. The highest BCUT2D eigenvalue weighted by Crippen LogP contribution is 2.20. The molecule has 3 N–H and O–H groups in total. The molecule has 1 amide bonds. The van der Waals surface area contributed by atoms with Crippen LogP contribution in [0.25, 0.3) is 0 Å². The first-order valence-corrected chi connectivity index (χ1v) is 5.90. The number of rotatable bonds is 6. The van der Waals surface area contributed by atoms with Crippen molar-refractivity contribution in [3.05, 3.63) is 29.1 Å². The van der Waals surface area contributed by atoms with E-state index >= 15 is 0 Å². The van der Waals surface area contributed by atoms with Crippen LogP contribution < -0.4 is 11.1 Å². The Balaban J connectivity index is 2.79. The van der Waals surface area contributed by atoms with Gasteiger partial charge in [-0.25, -0.2) is 4.39 Å². The first-order chi connectivity index (χ1) is 8.06. The second-order valence-electron chi connectivity index (χ2n) is 4.13. The molecular formula is C13H19FN2O. The van der Waals surface area contributed by atoms with Crippen molar-refractivity contribution in [1.29, 1.82) is 0 Å². The van der Waals surface area contributed by atoms with Crippen LogP contribution in [0.3, 0.4) is 0 Å². The van der Waals surface area contributed by atoms with Gasteiger partial charge in [0.2, 0.25) is 5.91 Å². The van der Waals surface area contributed by atoms with Crippen molar-refractivity contribution in [2.24, 2.45) is 5.73 Å². The van der Waals surface area contributed by atoms with Crippen molar-refractivity contribution in [2.75, 3.05) is 11.9 Å². The summed E-state index contributed by atoms with van der Waals surface area (Å²) >= 11 is 0. The zero-order valence-electron chi connectivity index (χ0n) is 10.3. The number of anilines is 1. The molecule has 0 aliphatic carbocycles. The molecule has 4 heteroatoms. The Bertz CT molecular complexity index is 405. The van der Waals surface area contributed by atoms with Crippen molar-refractivity contribution < 1.29 is 9.18 Å². The molecule has 0 aromatic heterocycles. The fourth-order valence-electron chi connectivity index (χ4n) is 1.60. The van der Waals surface area contributed by atoms with Gasteiger partial charge in [0.1, 0.15) is 5.82 Å². The molecule has 0 radical (unpaired) electrons. The van der Waals surface area contributed by atoms with Gasteiger partial charge in [-0.2, -0.15) is 0 Å². The predicted molar refractivity (Wildman–Crippen MR) is 67.7 cm³/mol. The molecule has 0 saturated carbocycles. The van der Waals surface area contributed by atoms with Crippen molar-refractivity contribution in [3.63, 3.8) is 0 Å². The van der Waals surface area contributed by atoms with E-state index in [0.717, 1.165) is 25.8 Å². The molecule has 0 unspecified atom stereocenters. The summed E-state index contributed by atoms with van der Waals surface area (Å²) in [6, 6.07) is 2.78. The smallest absolute Gasteiger partial charge is 0.248 e. The number of benzene rings is 1. The van der Waals surface area contributed by atoms with Gasteiger partial charge in [-0.1, -0.05) is 19.8 Å². The maximum absolute atomic E-state index is 13.5. The summed E-state index contributed by atoms with van der Waals surface area (Å²) in [5.74, 6) is -1.01. The number of primary amides is 1. The third kappa shape index (κ3) is 3.73. The van der Waals surface area contributed by atoms with E-state index in [1.807, 2.05) is 0 Å². The number of amides is 1. The van der Waals surface area contributed by atoms with Crippen LogP contribution in [0.4, 0.5) is 10.1 Å². The lowest BCUT2D eigenvalue weighted by Gasteiger charge is -2.11. The van der Waals surface area contributed by atoms with Gasteiger partial charge in [0.15, 0.2) is 0 Å². The molecule has 0 bridgehead atoms. The van der Waals surface area contributed by atoms with E-state index in [0.29, 0.717) is 11.3 Å². The molecule has 17 heavy (non-hydrogen) atoms. The fraction of sp³-hybridized carbons (Fsp3) is 0.462. The zero-order valence-corrected chi connectivity index (χ0v) is 10.3. The summed E-state index contributed by atoms with van der Waals surface area (Å²) in [5, 5.41) is 3.14. The van der Waals surface area contributed by atoms with Gasteiger partial charge < -0.3 is 11.1 Å². The lowest BCUT2D eigenvalue weighted by Crippen LogP contribution is -2.13. The average Bonchev–Trinajstić information content (AvgIpc) is 2.29. The highest BCUT2D eigenvalue weighted by Gasteiger charge is 2.09. The van der Waals surface area contributed by atoms with Crippen LogP contribution in [0.1, 0.15) is 42.1 Å². The maximum Gasteiger partial charge on any atom is 0.248 e. The second-order valence-corrected chi connectivity index (χ2v) is 4.13. The third-order valence-corrected chi connectivity index (χ3v) is 2.72. The van der Waals surface area contributed by atoms with Gasteiger partial charge in [0, 0.05) is 23.4 Å². The Hall–Kier alpha value is -1.58. The second kappa shape index (κ2) is 6.23. The van der Waals surface area contributed by atoms with E-state index in [2.05, 4.69) is 12.2 Å². The van der Waals surface area contributed by atoms with Gasteiger partial charge >= 0.3 is 0 Å². The molecule has 1 rings (SSSR count). The Kier molecular flexibility index (Phi) is 4.94. The van der Waals surface area contributed by atoms with Crippen LogP contribution in [-0.4, -0.2) is 12.5 Å². The Morgan fingerprint density at radius 1 is 1.41 bits per heavy atom. The van der Waals surface area contributed by atoms with Crippen LogP contribution >= 0.6 is 0 Å². The first kappa shape index (κ1) is 13.5. The van der Waals surface area contributed by atoms with Gasteiger partial charge in [0.05, 0.1) is 0 Å². The lowest BCUT2D eigenvalue weighted by molar-refractivity contribution is 0.1000. The number of carbonyl (C=O) groups is 1. The number of hydrogen-bond donors (Lipinski definition) is 2. The van der Waals surface area contributed by atoms with Gasteiger partial charge in [0.25, 0.3) is 0 Å². The lowest BCUT2D eigenvalue weighted by atomic mass is 10.1. The van der Waals surface area contributed by atoms with Crippen LogP contribution in [-0.2, 0) is 0 Å². The minimum Gasteiger partial charge on any atom is -0.385 e. The van der Waals surface area contributed by atoms with Crippen LogP contribution in [0, 0.1) is 12.7 Å². The monoisotopic (exact) mass is 238 g/mol. The minimum absolute atomic E-state index is 0.200. The summed E-state index contributed by atoms with van der Waals surface area (Å²) in [6.45, 7) is 4.58. The number of nitrogens with two attached hydrogens (primary N) is 1. The molecule has 1 aromatic carbocycles. The van der Waals surface area contributed by atoms with Crippen LogP contribution in [0.2, 0.25) is 0 Å². The Morgan fingerprint density at radius 2 is 2.12 bits per heavy atom. The van der Waals surface area contributed by atoms with E-state index in [4.69, 9.17) is 5.73 Å². The molecule has 3 nitrogen and oxygen atoms in total. The average molecular weight is 238 g/mol. The zero-order chi connectivity index (χ0) is 12.8. The van der Waals surface area contributed by atoms with Crippen molar-refractivity contribution in [1.82, 2.24) is 0 Å². The van der Waals surface area contributed by atoms with Crippen molar-refractivity contribution in [3.8, 4) is 0 Å². The molecule has 94 valence electrons. The molecule has 0 aliphatic heterocycles. The number of unbranched alkanes of at least 4 members (excludes halogenated alkanes) is 2. The maximum atomic E-state index is 13.5. The van der Waals surface area contributed by atoms with Crippen molar-refractivity contribution >= 4 is 11.6 Å². The molecular weight excluding hydrogens is 219 g/mol. The SMILES string of the molecule is CCCCCNc1cc(C(N)=O)cc(F)c1C. The van der Waals surface area contributed by atoms with Gasteiger partial charge in [-0.15, -0.1) is 0 Å². The molecule has 0 spiro atoms. The minimum atomic E-state index is -0.611. The Morgan fingerprint density at radius 3 is 2.71 bits per heavy atom. The fourth-order valence-corrected chi connectivity index (χ4v) is 1.60. The Labute approximate surface area is 101 Å². The van der Waals surface area contributed by atoms with E-state index in [-0.39, 0.29) is 5.56 Å². The predicted octanol–water partition coefficient (Wildman–Crippen LogP) is 2.84. The largest absolute Gasteiger partial charge is 0.385 e. The van der Waals surface area contributed by atoms with Crippen LogP contribution in [0.5, 0.6) is 0 Å². The first-order valence-electron chi connectivity index (χ1n) is 5.90.